The van der Waals surface area contributed by atoms with Gasteiger partial charge < -0.3 is 24.3 Å². The number of nitrogens with zero attached hydrogens (tertiary/aromatic N) is 4. The number of aromatic amines is 1. The number of likely N-dealkylation sites (tertiary alicyclic amines) is 1. The lowest BCUT2D eigenvalue weighted by Crippen LogP contribution is -2.55. The number of carbonyl (C=O) groups is 1. The number of rotatable bonds is 6. The average molecular weight is 634 g/mol. The first-order valence-corrected chi connectivity index (χ1v) is 17.6. The van der Waals surface area contributed by atoms with Crippen LogP contribution in [0.4, 0.5) is 17.1 Å². The molecule has 47 heavy (non-hydrogen) atoms. The molecule has 8 heteroatoms. The number of anilines is 3. The number of ether oxygens (including phenoxy) is 2. The van der Waals surface area contributed by atoms with Gasteiger partial charge in [-0.25, -0.2) is 4.79 Å². The van der Waals surface area contributed by atoms with Gasteiger partial charge in [0.25, 0.3) is 0 Å². The monoisotopic (exact) mass is 633 g/mol. The van der Waals surface area contributed by atoms with Gasteiger partial charge in [-0.1, -0.05) is 38.1 Å². The molecule has 2 saturated heterocycles. The summed E-state index contributed by atoms with van der Waals surface area (Å²) in [4.78, 5) is 28.6. The first-order valence-electron chi connectivity index (χ1n) is 17.6. The van der Waals surface area contributed by atoms with Crippen molar-refractivity contribution in [3.05, 3.63) is 77.5 Å². The van der Waals surface area contributed by atoms with Crippen molar-refractivity contribution in [1.29, 1.82) is 0 Å². The second-order valence-electron chi connectivity index (χ2n) is 14.5. The van der Waals surface area contributed by atoms with E-state index in [2.05, 4.69) is 76.0 Å². The number of aromatic nitrogens is 2. The van der Waals surface area contributed by atoms with Crippen LogP contribution in [0, 0.1) is 5.41 Å². The number of carbonyl (C=O) groups excluding carboxylic acids is 1. The molecular formula is C39H47N5O3. The number of hydrogen-bond acceptors (Lipinski definition) is 7. The molecule has 2 aromatic heterocycles. The lowest BCUT2D eigenvalue weighted by Gasteiger charge is -2.56. The van der Waals surface area contributed by atoms with Crippen molar-refractivity contribution in [3.63, 3.8) is 0 Å². The van der Waals surface area contributed by atoms with Crippen LogP contribution in [0.3, 0.4) is 0 Å². The minimum Gasteiger partial charge on any atom is -0.476 e. The summed E-state index contributed by atoms with van der Waals surface area (Å²) in [5.41, 5.74) is 7.79. The van der Waals surface area contributed by atoms with Crippen LogP contribution in [0.15, 0.2) is 60.8 Å². The maximum Gasteiger partial charge on any atom is 0.339 e. The summed E-state index contributed by atoms with van der Waals surface area (Å²) >= 11 is 0. The van der Waals surface area contributed by atoms with Gasteiger partial charge in [0.15, 0.2) is 0 Å². The zero-order valence-corrected chi connectivity index (χ0v) is 28.0. The van der Waals surface area contributed by atoms with Gasteiger partial charge >= 0.3 is 5.97 Å². The fourth-order valence-corrected chi connectivity index (χ4v) is 8.96. The van der Waals surface area contributed by atoms with E-state index in [1.54, 1.807) is 5.56 Å². The Kier molecular flexibility index (Phi) is 7.87. The van der Waals surface area contributed by atoms with E-state index in [0.717, 1.165) is 54.2 Å². The molecule has 0 bridgehead atoms. The largest absolute Gasteiger partial charge is 0.476 e. The molecule has 0 unspecified atom stereocenters. The predicted molar refractivity (Wildman–Crippen MR) is 187 cm³/mol. The van der Waals surface area contributed by atoms with Gasteiger partial charge in [0.2, 0.25) is 5.88 Å². The van der Waals surface area contributed by atoms with Crippen LogP contribution in [-0.4, -0.2) is 66.8 Å². The molecule has 1 N–H and O–H groups in total. The average Bonchev–Trinajstić information content (AvgIpc) is 3.71. The Bertz CT molecular complexity index is 1770. The molecule has 8 nitrogen and oxygen atoms in total. The van der Waals surface area contributed by atoms with Crippen molar-refractivity contribution in [2.24, 2.45) is 5.41 Å². The molecule has 0 radical (unpaired) electrons. The van der Waals surface area contributed by atoms with Crippen LogP contribution in [0.1, 0.15) is 92.2 Å². The molecule has 1 spiro atoms. The van der Waals surface area contributed by atoms with Crippen LogP contribution in [0.25, 0.3) is 11.0 Å². The van der Waals surface area contributed by atoms with Crippen molar-refractivity contribution in [2.75, 3.05) is 49.7 Å². The molecule has 3 aliphatic heterocycles. The van der Waals surface area contributed by atoms with Crippen molar-refractivity contribution in [1.82, 2.24) is 14.9 Å². The van der Waals surface area contributed by atoms with Crippen LogP contribution in [0.5, 0.6) is 5.88 Å². The number of piperidine rings is 1. The maximum atomic E-state index is 13.1. The Morgan fingerprint density at radius 3 is 2.64 bits per heavy atom. The molecule has 1 saturated carbocycles. The summed E-state index contributed by atoms with van der Waals surface area (Å²) in [5.74, 6) is 0.816. The van der Waals surface area contributed by atoms with Gasteiger partial charge in [-0.15, -0.1) is 0 Å². The van der Waals surface area contributed by atoms with Crippen LogP contribution >= 0.6 is 0 Å². The third kappa shape index (κ3) is 5.44. The van der Waals surface area contributed by atoms with E-state index in [1.165, 1.54) is 57.7 Å². The zero-order valence-electron chi connectivity index (χ0n) is 28.0. The van der Waals surface area contributed by atoms with E-state index >= 15 is 0 Å². The molecule has 2 aromatic carbocycles. The Morgan fingerprint density at radius 2 is 1.83 bits per heavy atom. The summed E-state index contributed by atoms with van der Waals surface area (Å²) in [7, 11) is 1.45. The fraction of sp³-hybridized carbons (Fsp3) is 0.487. The van der Waals surface area contributed by atoms with Gasteiger partial charge in [-0.05, 0) is 104 Å². The number of hydrogen-bond donors (Lipinski definition) is 1. The highest BCUT2D eigenvalue weighted by Gasteiger charge is 2.50. The number of pyridine rings is 1. The van der Waals surface area contributed by atoms with Gasteiger partial charge in [0.05, 0.1) is 25.0 Å². The van der Waals surface area contributed by atoms with Gasteiger partial charge in [0.1, 0.15) is 11.3 Å². The molecule has 1 atom stereocenters. The Labute approximate surface area is 278 Å². The van der Waals surface area contributed by atoms with Gasteiger partial charge in [-0.2, -0.15) is 4.98 Å². The fourth-order valence-electron chi connectivity index (χ4n) is 8.96. The molecule has 8 rings (SSSR count). The van der Waals surface area contributed by atoms with E-state index < -0.39 is 0 Å². The van der Waals surface area contributed by atoms with Gasteiger partial charge in [0, 0.05) is 49.0 Å². The zero-order chi connectivity index (χ0) is 32.1. The first-order chi connectivity index (χ1) is 22.9. The van der Waals surface area contributed by atoms with Crippen LogP contribution in [0.2, 0.25) is 0 Å². The van der Waals surface area contributed by atoms with Crippen molar-refractivity contribution in [3.8, 4) is 5.88 Å². The van der Waals surface area contributed by atoms with Crippen molar-refractivity contribution < 1.29 is 14.3 Å². The summed E-state index contributed by atoms with van der Waals surface area (Å²) in [6.45, 7) is 9.26. The van der Waals surface area contributed by atoms with Crippen molar-refractivity contribution >= 4 is 34.1 Å². The number of H-pyrrole nitrogens is 1. The Hall–Kier alpha value is -4.04. The first kappa shape index (κ1) is 30.3. The van der Waals surface area contributed by atoms with E-state index in [9.17, 15) is 4.79 Å². The van der Waals surface area contributed by atoms with Crippen LogP contribution < -0.4 is 14.5 Å². The van der Waals surface area contributed by atoms with E-state index in [-0.39, 0.29) is 5.97 Å². The smallest absolute Gasteiger partial charge is 0.339 e. The predicted octanol–water partition coefficient (Wildman–Crippen LogP) is 7.98. The minimum atomic E-state index is -0.330. The molecule has 4 aromatic rings. The highest BCUT2D eigenvalue weighted by Crippen LogP contribution is 2.54. The second kappa shape index (κ2) is 12.2. The Balaban J connectivity index is 0.999. The normalized spacial score (nSPS) is 21.5. The molecular weight excluding hydrogens is 586 g/mol. The second-order valence-corrected chi connectivity index (χ2v) is 14.5. The number of nitrogens with one attached hydrogen (secondary N) is 1. The highest BCUT2D eigenvalue weighted by atomic mass is 16.5. The van der Waals surface area contributed by atoms with Crippen LogP contribution in [-0.2, 0) is 4.74 Å². The van der Waals surface area contributed by atoms with Crippen molar-refractivity contribution in [2.45, 2.75) is 76.8 Å². The summed E-state index contributed by atoms with van der Waals surface area (Å²) in [6, 6.07) is 20.8. The molecule has 5 heterocycles. The molecule has 246 valence electrons. The molecule has 3 fully saturated rings. The lowest BCUT2D eigenvalue weighted by molar-refractivity contribution is -0.0227. The third-order valence-corrected chi connectivity index (χ3v) is 11.5. The topological polar surface area (TPSA) is 73.9 Å². The summed E-state index contributed by atoms with van der Waals surface area (Å²) < 4.78 is 11.3. The van der Waals surface area contributed by atoms with Gasteiger partial charge in [-0.3, -0.25) is 4.90 Å². The number of esters is 1. The summed E-state index contributed by atoms with van der Waals surface area (Å²) in [6.07, 6.45) is 10.4. The van der Waals surface area contributed by atoms with E-state index in [0.29, 0.717) is 41.5 Å². The minimum absolute atomic E-state index is 0.330. The maximum absolute atomic E-state index is 13.1. The third-order valence-electron chi connectivity index (χ3n) is 11.5. The molecule has 4 aliphatic rings. The quantitative estimate of drug-likeness (QED) is 0.216. The van der Waals surface area contributed by atoms with E-state index in [4.69, 9.17) is 14.5 Å². The SMILES string of the molecule is COC(=O)c1ccc(N2CCC3(CC2)CC(N2CCC[C@H]2c2ccccc2C(C)C)C3)cc1N1CCCOc2nc3[nH]ccc3cc21. The molecule has 0 amide bonds. The summed E-state index contributed by atoms with van der Waals surface area (Å²) in [5, 5.41) is 1.01. The standard InChI is InChI=1S/C39H47N5O3/c1-26(2)30-8-4-5-9-31(30)33-10-6-17-43(33)29-24-39(25-29)14-19-42(20-15-39)28-11-12-32(38(45)46-3)34(23-28)44-18-7-21-47-37-35(44)22-27-13-16-40-36(27)41-37/h4-5,8-9,11-13,16,22-23,26,29,33H,6-7,10,14-15,17-21,24-25H2,1-3H3,(H,40,41)/t33-/m0/s1. The molecule has 1 aliphatic carbocycles. The lowest BCUT2D eigenvalue weighted by atomic mass is 9.59. The Morgan fingerprint density at radius 1 is 1.00 bits per heavy atom. The highest BCUT2D eigenvalue weighted by molar-refractivity contribution is 5.98. The number of benzene rings is 2. The number of methoxy groups -OCH3 is 1. The number of fused-ring (bicyclic) bond motifs is 2. The van der Waals surface area contributed by atoms with E-state index in [1.807, 2.05) is 18.3 Å².